The van der Waals surface area contributed by atoms with E-state index >= 15 is 0 Å². The van der Waals surface area contributed by atoms with Crippen molar-refractivity contribution in [3.05, 3.63) is 48.6 Å². The number of hydrogen-bond acceptors (Lipinski definition) is 5. The molecule has 0 aliphatic carbocycles. The van der Waals surface area contributed by atoms with Crippen LogP contribution in [0.4, 0.5) is 0 Å². The van der Waals surface area contributed by atoms with Gasteiger partial charge in [-0.05, 0) is 83.5 Å². The number of ether oxygens (including phenoxy) is 1. The molecule has 3 unspecified atom stereocenters. The van der Waals surface area contributed by atoms with Crippen molar-refractivity contribution in [2.45, 2.75) is 315 Å². The Balaban J connectivity index is 4.52. The van der Waals surface area contributed by atoms with E-state index in [0.29, 0.717) is 19.3 Å². The monoisotopic (exact) mass is 926 g/mol. The average Bonchev–Trinajstić information content (AvgIpc) is 3.31. The van der Waals surface area contributed by atoms with Crippen LogP contribution >= 0.6 is 0 Å². The molecule has 66 heavy (non-hydrogen) atoms. The van der Waals surface area contributed by atoms with Crippen LogP contribution in [0.1, 0.15) is 297 Å². The van der Waals surface area contributed by atoms with E-state index in [2.05, 4.69) is 74.7 Å². The van der Waals surface area contributed by atoms with Crippen molar-refractivity contribution in [3.63, 3.8) is 0 Å². The zero-order valence-corrected chi connectivity index (χ0v) is 44.1. The minimum atomic E-state index is -0.797. The Bertz CT molecular complexity index is 1130. The lowest BCUT2D eigenvalue weighted by Crippen LogP contribution is -2.46. The van der Waals surface area contributed by atoms with E-state index in [1.165, 1.54) is 173 Å². The molecule has 0 saturated heterocycles. The van der Waals surface area contributed by atoms with Crippen LogP contribution < -0.4 is 5.32 Å². The van der Waals surface area contributed by atoms with Crippen molar-refractivity contribution in [1.29, 1.82) is 0 Å². The number of aliphatic hydroxyl groups excluding tert-OH is 2. The molecule has 0 aliphatic rings. The first-order valence-corrected chi connectivity index (χ1v) is 28.9. The zero-order chi connectivity index (χ0) is 48.1. The normalized spacial score (nSPS) is 13.5. The molecule has 0 aromatic carbocycles. The van der Waals surface area contributed by atoms with Crippen LogP contribution in [0.25, 0.3) is 0 Å². The third-order valence-electron chi connectivity index (χ3n) is 13.1. The second kappa shape index (κ2) is 53.8. The van der Waals surface area contributed by atoms with Gasteiger partial charge in [0.15, 0.2) is 0 Å². The highest BCUT2D eigenvalue weighted by Crippen LogP contribution is 2.18. The SMILES string of the molecule is CCCCC/C=C\C/C=C\C/C=C\CCCCCCCCC(=O)OC(CCC/C=C\CCCCCCCCC)CC(=O)NC(CO)C(O)CCCCCCCCCCCCCCCCCC. The van der Waals surface area contributed by atoms with Crippen LogP contribution in [0.3, 0.4) is 0 Å². The second-order valence-corrected chi connectivity index (χ2v) is 19.7. The Morgan fingerprint density at radius 2 is 0.788 bits per heavy atom. The third kappa shape index (κ3) is 48.3. The van der Waals surface area contributed by atoms with E-state index in [1.54, 1.807) is 0 Å². The summed E-state index contributed by atoms with van der Waals surface area (Å²) >= 11 is 0. The molecule has 3 atom stereocenters. The van der Waals surface area contributed by atoms with Crippen LogP contribution in [0, 0.1) is 0 Å². The molecule has 1 amide bonds. The first-order valence-electron chi connectivity index (χ1n) is 28.9. The van der Waals surface area contributed by atoms with Crippen molar-refractivity contribution >= 4 is 11.9 Å². The highest BCUT2D eigenvalue weighted by atomic mass is 16.5. The summed E-state index contributed by atoms with van der Waals surface area (Å²) in [5, 5.41) is 23.9. The summed E-state index contributed by atoms with van der Waals surface area (Å²) in [5.41, 5.74) is 0. The van der Waals surface area contributed by atoms with Gasteiger partial charge in [0.25, 0.3) is 0 Å². The summed E-state index contributed by atoms with van der Waals surface area (Å²) in [4.78, 5) is 26.2. The number of hydrogen-bond donors (Lipinski definition) is 3. The van der Waals surface area contributed by atoms with Gasteiger partial charge in [0.1, 0.15) is 6.10 Å². The van der Waals surface area contributed by atoms with Crippen molar-refractivity contribution in [2.75, 3.05) is 6.61 Å². The number of amides is 1. The maximum Gasteiger partial charge on any atom is 0.306 e. The van der Waals surface area contributed by atoms with Gasteiger partial charge in [-0.3, -0.25) is 9.59 Å². The lowest BCUT2D eigenvalue weighted by Gasteiger charge is -2.24. The Labute approximate surface area is 410 Å². The van der Waals surface area contributed by atoms with Crippen molar-refractivity contribution in [3.8, 4) is 0 Å². The molecule has 0 heterocycles. The second-order valence-electron chi connectivity index (χ2n) is 19.7. The van der Waals surface area contributed by atoms with Gasteiger partial charge in [-0.2, -0.15) is 0 Å². The smallest absolute Gasteiger partial charge is 0.306 e. The minimum absolute atomic E-state index is 0.0526. The predicted octanol–water partition coefficient (Wildman–Crippen LogP) is 17.8. The molecule has 0 spiro atoms. The number of unbranched alkanes of at least 4 members (excludes halogenated alkanes) is 32. The number of rotatable bonds is 52. The predicted molar refractivity (Wildman–Crippen MR) is 287 cm³/mol. The topological polar surface area (TPSA) is 95.9 Å². The van der Waals surface area contributed by atoms with Gasteiger partial charge in [-0.25, -0.2) is 0 Å². The molecule has 0 aromatic rings. The summed E-state index contributed by atoms with van der Waals surface area (Å²) in [5.74, 6) is -0.508. The first-order chi connectivity index (χ1) is 32.5. The molecule has 0 fully saturated rings. The van der Waals surface area contributed by atoms with Gasteiger partial charge in [0, 0.05) is 6.42 Å². The van der Waals surface area contributed by atoms with Gasteiger partial charge in [0.05, 0.1) is 25.2 Å². The third-order valence-corrected chi connectivity index (χ3v) is 13.1. The molecule has 0 saturated carbocycles. The van der Waals surface area contributed by atoms with Gasteiger partial charge >= 0.3 is 5.97 Å². The lowest BCUT2D eigenvalue weighted by atomic mass is 10.0. The summed E-state index contributed by atoms with van der Waals surface area (Å²) in [6.07, 6.45) is 66.1. The molecule has 0 radical (unpaired) electrons. The Kier molecular flexibility index (Phi) is 52.0. The average molecular weight is 927 g/mol. The number of allylic oxidation sites excluding steroid dienone is 8. The maximum atomic E-state index is 13.2. The van der Waals surface area contributed by atoms with Gasteiger partial charge in [-0.1, -0.05) is 249 Å². The molecule has 0 bridgehead atoms. The number of carbonyl (C=O) groups is 2. The molecule has 0 aromatic heterocycles. The highest BCUT2D eigenvalue weighted by molar-refractivity contribution is 5.77. The quantitative estimate of drug-likeness (QED) is 0.0321. The van der Waals surface area contributed by atoms with E-state index in [-0.39, 0.29) is 24.9 Å². The fraction of sp³-hybridized carbons (Fsp3) is 0.833. The van der Waals surface area contributed by atoms with E-state index in [0.717, 1.165) is 77.0 Å². The minimum Gasteiger partial charge on any atom is -0.462 e. The molecular formula is C60H111NO5. The van der Waals surface area contributed by atoms with Crippen LogP contribution in [0.15, 0.2) is 48.6 Å². The number of carbonyl (C=O) groups excluding carboxylic acids is 2. The first kappa shape index (κ1) is 63.8. The van der Waals surface area contributed by atoms with Crippen molar-refractivity contribution in [1.82, 2.24) is 5.32 Å². The molecule has 0 aliphatic heterocycles. The summed E-state index contributed by atoms with van der Waals surface area (Å²) in [6.45, 7) is 6.47. The number of esters is 1. The lowest BCUT2D eigenvalue weighted by molar-refractivity contribution is -0.151. The standard InChI is InChI=1S/C60H111NO5/c1-4-7-10-13-16-19-22-25-27-29-30-31-33-35-38-41-44-47-50-53-60(65)66-56(51-48-45-42-39-36-24-21-18-15-12-9-6-3)54-59(64)61-57(55-62)58(63)52-49-46-43-40-37-34-32-28-26-23-20-17-14-11-8-5-2/h16,19,25,27,30-31,39,42,56-58,62-63H,4-15,17-18,20-24,26,28-29,32-38,40-41,43-55H2,1-3H3,(H,61,64)/b19-16-,27-25-,31-30-,42-39-. The maximum absolute atomic E-state index is 13.2. The fourth-order valence-electron chi connectivity index (χ4n) is 8.73. The molecular weight excluding hydrogens is 815 g/mol. The molecule has 6 nitrogen and oxygen atoms in total. The van der Waals surface area contributed by atoms with Gasteiger partial charge in [-0.15, -0.1) is 0 Å². The van der Waals surface area contributed by atoms with Crippen LogP contribution in [0.2, 0.25) is 0 Å². The van der Waals surface area contributed by atoms with Gasteiger partial charge in [0.2, 0.25) is 5.91 Å². The van der Waals surface area contributed by atoms with Crippen LogP contribution in [0.5, 0.6) is 0 Å². The molecule has 6 heteroatoms. The molecule has 386 valence electrons. The summed E-state index contributed by atoms with van der Waals surface area (Å²) in [7, 11) is 0. The fourth-order valence-corrected chi connectivity index (χ4v) is 8.73. The largest absolute Gasteiger partial charge is 0.462 e. The Hall–Kier alpha value is -2.18. The van der Waals surface area contributed by atoms with E-state index in [4.69, 9.17) is 4.74 Å². The Morgan fingerprint density at radius 3 is 1.24 bits per heavy atom. The van der Waals surface area contributed by atoms with E-state index in [9.17, 15) is 19.8 Å². The van der Waals surface area contributed by atoms with Gasteiger partial charge < -0.3 is 20.3 Å². The summed E-state index contributed by atoms with van der Waals surface area (Å²) < 4.78 is 5.93. The number of aliphatic hydroxyl groups is 2. The zero-order valence-electron chi connectivity index (χ0n) is 44.1. The molecule has 0 rings (SSSR count). The van der Waals surface area contributed by atoms with Crippen LogP contribution in [-0.2, 0) is 14.3 Å². The van der Waals surface area contributed by atoms with E-state index in [1.807, 2.05) is 0 Å². The van der Waals surface area contributed by atoms with Crippen LogP contribution in [-0.4, -0.2) is 46.9 Å². The van der Waals surface area contributed by atoms with Crippen molar-refractivity contribution < 1.29 is 24.5 Å². The number of nitrogens with one attached hydrogen (secondary N) is 1. The van der Waals surface area contributed by atoms with Crippen molar-refractivity contribution in [2.24, 2.45) is 0 Å². The Morgan fingerprint density at radius 1 is 0.439 bits per heavy atom. The van der Waals surface area contributed by atoms with E-state index < -0.39 is 18.2 Å². The summed E-state index contributed by atoms with van der Waals surface area (Å²) in [6, 6.07) is -0.713. The highest BCUT2D eigenvalue weighted by Gasteiger charge is 2.24. The molecule has 3 N–H and O–H groups in total.